The predicted octanol–water partition coefficient (Wildman–Crippen LogP) is 2.81. The Balaban J connectivity index is 2.82. The normalized spacial score (nSPS) is 10.2. The fourth-order valence-electron chi connectivity index (χ4n) is 1.79. The number of methoxy groups -OCH3 is 2. The number of nitrogens with zero attached hydrogens (tertiary/aromatic N) is 2. The van der Waals surface area contributed by atoms with Crippen molar-refractivity contribution in [1.29, 1.82) is 5.26 Å². The van der Waals surface area contributed by atoms with Crippen LogP contribution in [0.2, 0.25) is 0 Å². The predicted molar refractivity (Wildman–Crippen MR) is 79.4 cm³/mol. The first kappa shape index (κ1) is 16.0. The number of benzene rings is 1. The molecule has 0 fully saturated rings. The van der Waals surface area contributed by atoms with Gasteiger partial charge < -0.3 is 14.4 Å². The summed E-state index contributed by atoms with van der Waals surface area (Å²) in [5.41, 5.74) is 1.68. The van der Waals surface area contributed by atoms with Gasteiger partial charge in [-0.25, -0.2) is 0 Å². The van der Waals surface area contributed by atoms with Crippen LogP contribution in [0.4, 0.5) is 5.69 Å². The van der Waals surface area contributed by atoms with E-state index in [4.69, 9.17) is 14.7 Å². The van der Waals surface area contributed by atoms with Crippen LogP contribution in [0.25, 0.3) is 0 Å². The number of nitriles is 1. The molecule has 0 heterocycles. The third-order valence-electron chi connectivity index (χ3n) is 2.72. The lowest BCUT2D eigenvalue weighted by atomic mass is 10.2. The molecule has 0 spiro atoms. The smallest absolute Gasteiger partial charge is 0.0992 e. The van der Waals surface area contributed by atoms with Crippen molar-refractivity contribution in [2.24, 2.45) is 0 Å². The average molecular weight is 327 g/mol. The molecule has 0 unspecified atom stereocenters. The van der Waals surface area contributed by atoms with Crippen molar-refractivity contribution in [3.8, 4) is 6.07 Å². The molecule has 0 aliphatic rings. The van der Waals surface area contributed by atoms with Gasteiger partial charge in [0.05, 0.1) is 18.2 Å². The Labute approximate surface area is 123 Å². The molecule has 0 N–H and O–H groups in total. The average Bonchev–Trinajstić information content (AvgIpc) is 2.42. The molecule has 1 aromatic carbocycles. The van der Waals surface area contributed by atoms with Crippen molar-refractivity contribution in [1.82, 2.24) is 0 Å². The molecule has 0 aliphatic carbocycles. The van der Waals surface area contributed by atoms with Crippen LogP contribution in [-0.2, 0) is 9.47 Å². The molecular formula is C14H19BrN2O2. The standard InChI is InChI=1S/C14H19BrN2O2/c1-18-6-3-4-17(5-7-19-2)14-9-12(11-16)8-13(15)10-14/h8-10H,3-7H2,1-2H3. The van der Waals surface area contributed by atoms with E-state index < -0.39 is 0 Å². The van der Waals surface area contributed by atoms with Crippen LogP contribution in [0.15, 0.2) is 22.7 Å². The molecule has 0 saturated heterocycles. The lowest BCUT2D eigenvalue weighted by molar-refractivity contribution is 0.191. The lowest BCUT2D eigenvalue weighted by Gasteiger charge is -2.25. The molecule has 0 bridgehead atoms. The summed E-state index contributed by atoms with van der Waals surface area (Å²) in [5.74, 6) is 0. The quantitative estimate of drug-likeness (QED) is 0.689. The van der Waals surface area contributed by atoms with E-state index in [1.807, 2.05) is 18.2 Å². The van der Waals surface area contributed by atoms with Crippen molar-refractivity contribution >= 4 is 21.6 Å². The van der Waals surface area contributed by atoms with E-state index in [0.29, 0.717) is 12.2 Å². The van der Waals surface area contributed by atoms with Gasteiger partial charge in [-0.05, 0) is 24.6 Å². The summed E-state index contributed by atoms with van der Waals surface area (Å²) in [4.78, 5) is 2.20. The molecule has 0 amide bonds. The molecule has 5 heteroatoms. The number of rotatable bonds is 8. The minimum atomic E-state index is 0.651. The van der Waals surface area contributed by atoms with Crippen LogP contribution in [0.1, 0.15) is 12.0 Å². The summed E-state index contributed by atoms with van der Waals surface area (Å²) in [6.07, 6.45) is 0.939. The zero-order chi connectivity index (χ0) is 14.1. The zero-order valence-corrected chi connectivity index (χ0v) is 12.9. The molecular weight excluding hydrogens is 308 g/mol. The van der Waals surface area contributed by atoms with E-state index in [2.05, 4.69) is 26.9 Å². The number of ether oxygens (including phenoxy) is 2. The maximum atomic E-state index is 9.02. The van der Waals surface area contributed by atoms with Crippen LogP contribution in [0, 0.1) is 11.3 Å². The second-order valence-corrected chi connectivity index (χ2v) is 5.05. The van der Waals surface area contributed by atoms with Crippen molar-refractivity contribution in [3.63, 3.8) is 0 Å². The number of halogens is 1. The van der Waals surface area contributed by atoms with Gasteiger partial charge in [0.2, 0.25) is 0 Å². The summed E-state index contributed by atoms with van der Waals surface area (Å²) >= 11 is 3.44. The van der Waals surface area contributed by atoms with E-state index >= 15 is 0 Å². The maximum Gasteiger partial charge on any atom is 0.0992 e. The van der Waals surface area contributed by atoms with E-state index in [-0.39, 0.29) is 0 Å². The number of hydrogen-bond donors (Lipinski definition) is 0. The summed E-state index contributed by atoms with van der Waals surface area (Å²) in [6, 6.07) is 7.90. The third-order valence-corrected chi connectivity index (χ3v) is 3.18. The first-order valence-electron chi connectivity index (χ1n) is 6.14. The van der Waals surface area contributed by atoms with E-state index in [1.54, 1.807) is 14.2 Å². The lowest BCUT2D eigenvalue weighted by Crippen LogP contribution is -2.29. The molecule has 104 valence electrons. The minimum Gasteiger partial charge on any atom is -0.385 e. The largest absolute Gasteiger partial charge is 0.385 e. The highest BCUT2D eigenvalue weighted by Crippen LogP contribution is 2.22. The Bertz CT molecular complexity index is 432. The monoisotopic (exact) mass is 326 g/mol. The van der Waals surface area contributed by atoms with Gasteiger partial charge in [0, 0.05) is 44.1 Å². The fourth-order valence-corrected chi connectivity index (χ4v) is 2.27. The molecule has 1 rings (SSSR count). The van der Waals surface area contributed by atoms with Gasteiger partial charge in [0.15, 0.2) is 0 Å². The molecule has 0 aromatic heterocycles. The molecule has 1 aromatic rings. The highest BCUT2D eigenvalue weighted by atomic mass is 79.9. The van der Waals surface area contributed by atoms with E-state index in [9.17, 15) is 0 Å². The van der Waals surface area contributed by atoms with Crippen LogP contribution in [-0.4, -0.2) is 40.5 Å². The van der Waals surface area contributed by atoms with Crippen molar-refractivity contribution < 1.29 is 9.47 Å². The highest BCUT2D eigenvalue weighted by Gasteiger charge is 2.08. The molecule has 0 saturated carbocycles. The third kappa shape index (κ3) is 5.60. The Morgan fingerprint density at radius 2 is 1.89 bits per heavy atom. The van der Waals surface area contributed by atoms with Crippen LogP contribution in [0.5, 0.6) is 0 Å². The Morgan fingerprint density at radius 1 is 1.16 bits per heavy atom. The Kier molecular flexibility index (Phi) is 7.49. The topological polar surface area (TPSA) is 45.5 Å². The van der Waals surface area contributed by atoms with Crippen molar-refractivity contribution in [2.75, 3.05) is 45.4 Å². The Hall–Kier alpha value is -1.09. The minimum absolute atomic E-state index is 0.651. The van der Waals surface area contributed by atoms with Gasteiger partial charge in [-0.2, -0.15) is 5.26 Å². The van der Waals surface area contributed by atoms with Crippen LogP contribution >= 0.6 is 15.9 Å². The first-order valence-corrected chi connectivity index (χ1v) is 6.94. The highest BCUT2D eigenvalue weighted by molar-refractivity contribution is 9.10. The van der Waals surface area contributed by atoms with Gasteiger partial charge >= 0.3 is 0 Å². The van der Waals surface area contributed by atoms with E-state index in [0.717, 1.165) is 36.3 Å². The van der Waals surface area contributed by atoms with Crippen molar-refractivity contribution in [3.05, 3.63) is 28.2 Å². The summed E-state index contributed by atoms with van der Waals surface area (Å²) in [5, 5.41) is 9.02. The summed E-state index contributed by atoms with van der Waals surface area (Å²) < 4.78 is 11.1. The second kappa shape index (κ2) is 8.92. The van der Waals surface area contributed by atoms with Crippen LogP contribution in [0.3, 0.4) is 0 Å². The first-order chi connectivity index (χ1) is 9.21. The molecule has 0 radical (unpaired) electrons. The number of hydrogen-bond acceptors (Lipinski definition) is 4. The van der Waals surface area contributed by atoms with Gasteiger partial charge in [0.25, 0.3) is 0 Å². The molecule has 0 atom stereocenters. The SMILES string of the molecule is COCCCN(CCOC)c1cc(Br)cc(C#N)c1. The van der Waals surface area contributed by atoms with E-state index in [1.165, 1.54) is 0 Å². The maximum absolute atomic E-state index is 9.02. The second-order valence-electron chi connectivity index (χ2n) is 4.14. The summed E-state index contributed by atoms with van der Waals surface area (Å²) in [6.45, 7) is 3.05. The van der Waals surface area contributed by atoms with Crippen molar-refractivity contribution in [2.45, 2.75) is 6.42 Å². The molecule has 0 aliphatic heterocycles. The van der Waals surface area contributed by atoms with Gasteiger partial charge in [-0.1, -0.05) is 15.9 Å². The zero-order valence-electron chi connectivity index (χ0n) is 11.4. The Morgan fingerprint density at radius 3 is 2.53 bits per heavy atom. The van der Waals surface area contributed by atoms with Crippen LogP contribution < -0.4 is 4.90 Å². The number of anilines is 1. The van der Waals surface area contributed by atoms with Gasteiger partial charge in [-0.15, -0.1) is 0 Å². The molecule has 19 heavy (non-hydrogen) atoms. The van der Waals surface area contributed by atoms with Gasteiger partial charge in [0.1, 0.15) is 0 Å². The summed E-state index contributed by atoms with van der Waals surface area (Å²) in [7, 11) is 3.39. The van der Waals surface area contributed by atoms with Gasteiger partial charge in [-0.3, -0.25) is 0 Å². The fraction of sp³-hybridized carbons (Fsp3) is 0.500. The molecule has 4 nitrogen and oxygen atoms in total.